The second-order valence-corrected chi connectivity index (χ2v) is 13.0. The molecule has 0 spiro atoms. The van der Waals surface area contributed by atoms with E-state index in [1.807, 2.05) is 6.92 Å². The van der Waals surface area contributed by atoms with E-state index in [0.29, 0.717) is 36.3 Å². The van der Waals surface area contributed by atoms with Crippen LogP contribution in [-0.2, 0) is 18.9 Å². The number of halogens is 7. The molecular formula is C37H39F7N6O3. The molecule has 0 aliphatic carbocycles. The molecular weight excluding hydrogens is 709 g/mol. The number of aromatic nitrogens is 2. The molecule has 1 aliphatic heterocycles. The zero-order valence-electron chi connectivity index (χ0n) is 29.5. The summed E-state index contributed by atoms with van der Waals surface area (Å²) in [6, 6.07) is 9.89. The Labute approximate surface area is 302 Å². The van der Waals surface area contributed by atoms with Gasteiger partial charge in [0.05, 0.1) is 24.3 Å². The number of carbonyl (C=O) groups is 1. The molecule has 5 rings (SSSR count). The Morgan fingerprint density at radius 2 is 1.53 bits per heavy atom. The third-order valence-electron chi connectivity index (χ3n) is 8.58. The number of amides is 1. The van der Waals surface area contributed by atoms with Gasteiger partial charge in [-0.05, 0) is 87.3 Å². The zero-order chi connectivity index (χ0) is 38.5. The van der Waals surface area contributed by atoms with Crippen LogP contribution in [0, 0.1) is 26.6 Å². The maximum Gasteiger partial charge on any atom is 0.421 e. The van der Waals surface area contributed by atoms with Gasteiger partial charge in [-0.2, -0.15) is 31.3 Å². The fourth-order valence-electron chi connectivity index (χ4n) is 5.93. The van der Waals surface area contributed by atoms with E-state index in [1.165, 1.54) is 24.4 Å². The lowest BCUT2D eigenvalue weighted by molar-refractivity contribution is -0.143. The van der Waals surface area contributed by atoms with E-state index in [-0.39, 0.29) is 35.0 Å². The average Bonchev–Trinajstić information content (AvgIpc) is 3.08. The Balaban J connectivity index is 1.38. The van der Waals surface area contributed by atoms with Crippen molar-refractivity contribution in [3.8, 4) is 11.5 Å². The lowest BCUT2D eigenvalue weighted by Gasteiger charge is -2.32. The van der Waals surface area contributed by atoms with Gasteiger partial charge >= 0.3 is 18.4 Å². The van der Waals surface area contributed by atoms with Gasteiger partial charge in [-0.25, -0.2) is 14.2 Å². The van der Waals surface area contributed by atoms with Gasteiger partial charge in [0, 0.05) is 50.7 Å². The van der Waals surface area contributed by atoms with Crippen LogP contribution >= 0.6 is 0 Å². The fraction of sp³-hybridized carbons (Fsp3) is 0.378. The standard InChI is InChI=1S/C37H39F7N6O3/c1-23-16-24(2)33(25(3)17-23)53-35(51)50(22-26-18-27(36(39,40)41)20-28(19-26)37(42,43)44)32-8-9-45-34(47-32)46-29-6-7-31(30(38)21-29)52-15-5-10-49-13-11-48(4)12-14-49/h6-9,16-21H,5,10-15,22H2,1-4H3,(H,45,46,47). The van der Waals surface area contributed by atoms with Crippen LogP contribution in [0.25, 0.3) is 0 Å². The minimum atomic E-state index is -5.11. The highest BCUT2D eigenvalue weighted by atomic mass is 19.4. The molecule has 0 radical (unpaired) electrons. The minimum Gasteiger partial charge on any atom is -0.490 e. The van der Waals surface area contributed by atoms with Crippen LogP contribution in [0.3, 0.4) is 0 Å². The minimum absolute atomic E-state index is 0.00194. The van der Waals surface area contributed by atoms with Gasteiger partial charge in [0.2, 0.25) is 5.95 Å². The van der Waals surface area contributed by atoms with Crippen molar-refractivity contribution in [1.82, 2.24) is 19.8 Å². The summed E-state index contributed by atoms with van der Waals surface area (Å²) < 4.78 is 109. The van der Waals surface area contributed by atoms with E-state index in [1.54, 1.807) is 26.0 Å². The van der Waals surface area contributed by atoms with Crippen LogP contribution in [0.15, 0.2) is 60.8 Å². The zero-order valence-corrected chi connectivity index (χ0v) is 29.5. The molecule has 1 aliphatic rings. The molecule has 0 atom stereocenters. The molecule has 284 valence electrons. The van der Waals surface area contributed by atoms with Gasteiger partial charge in [0.15, 0.2) is 11.6 Å². The SMILES string of the molecule is Cc1cc(C)c(OC(=O)N(Cc2cc(C(F)(F)F)cc(C(F)(F)F)c2)c2ccnc(Nc3ccc(OCCCN4CCN(C)CC4)c(F)c3)n2)c(C)c1. The van der Waals surface area contributed by atoms with Crippen molar-refractivity contribution in [3.05, 3.63) is 100.0 Å². The maximum atomic E-state index is 15.0. The molecule has 1 amide bonds. The summed E-state index contributed by atoms with van der Waals surface area (Å²) in [5, 5.41) is 2.81. The van der Waals surface area contributed by atoms with Gasteiger partial charge in [0.1, 0.15) is 11.6 Å². The van der Waals surface area contributed by atoms with E-state index in [0.717, 1.165) is 49.3 Å². The fourth-order valence-corrected chi connectivity index (χ4v) is 5.93. The highest BCUT2D eigenvalue weighted by Crippen LogP contribution is 2.37. The van der Waals surface area contributed by atoms with Gasteiger partial charge < -0.3 is 24.6 Å². The first kappa shape index (κ1) is 39.3. The van der Waals surface area contributed by atoms with Crippen molar-refractivity contribution in [2.75, 3.05) is 56.6 Å². The molecule has 1 N–H and O–H groups in total. The summed E-state index contributed by atoms with van der Waals surface area (Å²) in [4.78, 5) is 27.5. The number of hydrogen-bond donors (Lipinski definition) is 1. The molecule has 0 bridgehead atoms. The van der Waals surface area contributed by atoms with E-state index >= 15 is 4.39 Å². The molecule has 4 aromatic rings. The number of aryl methyl sites for hydroxylation is 3. The van der Waals surface area contributed by atoms with E-state index in [2.05, 4.69) is 32.1 Å². The van der Waals surface area contributed by atoms with Crippen molar-refractivity contribution in [2.24, 2.45) is 0 Å². The summed E-state index contributed by atoms with van der Waals surface area (Å²) >= 11 is 0. The number of benzene rings is 3. The molecule has 1 fully saturated rings. The van der Waals surface area contributed by atoms with E-state index in [4.69, 9.17) is 9.47 Å². The van der Waals surface area contributed by atoms with Crippen LogP contribution in [0.1, 0.15) is 39.8 Å². The summed E-state index contributed by atoms with van der Waals surface area (Å²) in [5.41, 5.74) is -1.35. The summed E-state index contributed by atoms with van der Waals surface area (Å²) in [7, 11) is 2.08. The van der Waals surface area contributed by atoms with Gasteiger partial charge in [0.25, 0.3) is 0 Å². The molecule has 1 aromatic heterocycles. The molecule has 16 heteroatoms. The van der Waals surface area contributed by atoms with Crippen molar-refractivity contribution >= 4 is 23.5 Å². The van der Waals surface area contributed by atoms with Crippen molar-refractivity contribution in [1.29, 1.82) is 0 Å². The number of hydrogen-bond acceptors (Lipinski definition) is 8. The molecule has 2 heterocycles. The Kier molecular flexibility index (Phi) is 12.1. The number of rotatable bonds is 11. The number of alkyl halides is 6. The third kappa shape index (κ3) is 10.6. The van der Waals surface area contributed by atoms with Gasteiger partial charge in [-0.3, -0.25) is 4.90 Å². The first-order valence-electron chi connectivity index (χ1n) is 16.7. The molecule has 1 saturated heterocycles. The van der Waals surface area contributed by atoms with Crippen molar-refractivity contribution in [2.45, 2.75) is 46.1 Å². The van der Waals surface area contributed by atoms with Crippen molar-refractivity contribution in [3.63, 3.8) is 0 Å². The molecule has 0 unspecified atom stereocenters. The van der Waals surface area contributed by atoms with Crippen LogP contribution in [0.2, 0.25) is 0 Å². The van der Waals surface area contributed by atoms with E-state index in [9.17, 15) is 31.1 Å². The second-order valence-electron chi connectivity index (χ2n) is 13.0. The first-order chi connectivity index (χ1) is 25.0. The van der Waals surface area contributed by atoms with Crippen LogP contribution in [0.4, 0.5) is 53.0 Å². The predicted molar refractivity (Wildman–Crippen MR) is 185 cm³/mol. The topological polar surface area (TPSA) is 83.1 Å². The van der Waals surface area contributed by atoms with Crippen LogP contribution in [-0.4, -0.2) is 72.2 Å². The molecule has 0 saturated carbocycles. The third-order valence-corrected chi connectivity index (χ3v) is 8.58. The molecule has 3 aromatic carbocycles. The highest BCUT2D eigenvalue weighted by Gasteiger charge is 2.37. The monoisotopic (exact) mass is 748 g/mol. The average molecular weight is 749 g/mol. The highest BCUT2D eigenvalue weighted by molar-refractivity contribution is 5.88. The molecule has 53 heavy (non-hydrogen) atoms. The lowest BCUT2D eigenvalue weighted by Crippen LogP contribution is -2.44. The maximum absolute atomic E-state index is 15.0. The number of anilines is 3. The lowest BCUT2D eigenvalue weighted by atomic mass is 10.0. The van der Waals surface area contributed by atoms with Crippen LogP contribution < -0.4 is 19.7 Å². The summed E-state index contributed by atoms with van der Waals surface area (Å²) in [6.45, 7) is 9.46. The first-order valence-corrected chi connectivity index (χ1v) is 16.7. The normalized spacial score (nSPS) is 14.2. The summed E-state index contributed by atoms with van der Waals surface area (Å²) in [5.74, 6) is -0.830. The number of nitrogens with zero attached hydrogens (tertiary/aromatic N) is 5. The van der Waals surface area contributed by atoms with Gasteiger partial charge in [-0.15, -0.1) is 0 Å². The quantitative estimate of drug-likeness (QED) is 0.121. The number of nitrogens with one attached hydrogen (secondary N) is 1. The van der Waals surface area contributed by atoms with Gasteiger partial charge in [-0.1, -0.05) is 17.7 Å². The number of likely N-dealkylation sites (N-methyl/N-ethyl adjacent to an activating group) is 1. The van der Waals surface area contributed by atoms with Crippen molar-refractivity contribution < 1.29 is 45.0 Å². The smallest absolute Gasteiger partial charge is 0.421 e. The Morgan fingerprint density at radius 1 is 0.887 bits per heavy atom. The Morgan fingerprint density at radius 3 is 2.13 bits per heavy atom. The largest absolute Gasteiger partial charge is 0.490 e. The molecule has 9 nitrogen and oxygen atoms in total. The van der Waals surface area contributed by atoms with E-state index < -0.39 is 47.5 Å². The second kappa shape index (κ2) is 16.4. The number of ether oxygens (including phenoxy) is 2. The summed E-state index contributed by atoms with van der Waals surface area (Å²) in [6.07, 6.45) is -9.41. The van der Waals surface area contributed by atoms with Crippen LogP contribution in [0.5, 0.6) is 11.5 Å². The number of carbonyl (C=O) groups excluding carboxylic acids is 1. The number of piperazine rings is 1. The predicted octanol–water partition coefficient (Wildman–Crippen LogP) is 8.54. The Hall–Kier alpha value is -4.96. The Bertz CT molecular complexity index is 1860.